The summed E-state index contributed by atoms with van der Waals surface area (Å²) in [7, 11) is 0. The van der Waals surface area contributed by atoms with Crippen molar-refractivity contribution in [2.75, 3.05) is 24.5 Å². The predicted molar refractivity (Wildman–Crippen MR) is 79.7 cm³/mol. The van der Waals surface area contributed by atoms with Crippen molar-refractivity contribution in [3.63, 3.8) is 0 Å². The van der Waals surface area contributed by atoms with Crippen LogP contribution in [0.25, 0.3) is 0 Å². The van der Waals surface area contributed by atoms with E-state index in [-0.39, 0.29) is 0 Å². The molecule has 0 saturated carbocycles. The fraction of sp³-hybridized carbons (Fsp3) is 0.533. The highest BCUT2D eigenvalue weighted by molar-refractivity contribution is 6.32. The zero-order valence-electron chi connectivity index (χ0n) is 11.3. The number of likely N-dealkylation sites (N-methyl/N-ethyl adjacent to an activating group) is 1. The molecule has 3 nitrogen and oxygen atoms in total. The molecule has 19 heavy (non-hydrogen) atoms. The first-order valence-electron chi connectivity index (χ1n) is 6.93. The van der Waals surface area contributed by atoms with Gasteiger partial charge in [-0.05, 0) is 38.4 Å². The molecule has 1 atom stereocenters. The van der Waals surface area contributed by atoms with Crippen LogP contribution in [0.4, 0.5) is 5.69 Å². The molecule has 1 saturated heterocycles. The summed E-state index contributed by atoms with van der Waals surface area (Å²) in [6.07, 6.45) is 3.76. The summed E-state index contributed by atoms with van der Waals surface area (Å²) in [5.74, 6) is 0. The van der Waals surface area contributed by atoms with Gasteiger partial charge >= 0.3 is 0 Å². The molecule has 1 aromatic carbocycles. The number of benzene rings is 1. The highest BCUT2D eigenvalue weighted by Crippen LogP contribution is 2.27. The second kappa shape index (κ2) is 6.79. The molecular formula is C15H20ClN3. The van der Waals surface area contributed by atoms with Crippen LogP contribution >= 0.6 is 11.6 Å². The molecule has 1 heterocycles. The van der Waals surface area contributed by atoms with Crippen LogP contribution < -0.4 is 10.2 Å². The molecule has 1 unspecified atom stereocenters. The second-order valence-corrected chi connectivity index (χ2v) is 5.34. The predicted octanol–water partition coefficient (Wildman–Crippen LogP) is 3.18. The molecule has 2 rings (SSSR count). The van der Waals surface area contributed by atoms with E-state index in [1.54, 1.807) is 6.07 Å². The maximum Gasteiger partial charge on any atom is 0.103 e. The van der Waals surface area contributed by atoms with Crippen molar-refractivity contribution in [3.8, 4) is 6.07 Å². The lowest BCUT2D eigenvalue weighted by Crippen LogP contribution is -2.44. The molecule has 0 amide bonds. The van der Waals surface area contributed by atoms with Crippen LogP contribution in [0, 0.1) is 11.3 Å². The van der Waals surface area contributed by atoms with Crippen molar-refractivity contribution in [3.05, 3.63) is 28.8 Å². The van der Waals surface area contributed by atoms with Gasteiger partial charge in [0.1, 0.15) is 6.07 Å². The lowest BCUT2D eigenvalue weighted by molar-refractivity contribution is 0.400. The van der Waals surface area contributed by atoms with E-state index in [1.807, 2.05) is 12.1 Å². The van der Waals surface area contributed by atoms with Gasteiger partial charge in [0.15, 0.2) is 0 Å². The van der Waals surface area contributed by atoms with Crippen LogP contribution in [0.1, 0.15) is 31.7 Å². The number of rotatable bonds is 4. The molecule has 0 aromatic heterocycles. The van der Waals surface area contributed by atoms with Gasteiger partial charge in [-0.1, -0.05) is 24.1 Å². The highest BCUT2D eigenvalue weighted by Gasteiger charge is 2.18. The Morgan fingerprint density at radius 2 is 2.32 bits per heavy atom. The molecule has 0 spiro atoms. The molecule has 1 aliphatic rings. The SMILES string of the molecule is CCN(CC1CCCCN1)c1cccc(Cl)c1C#N. The third-order valence-electron chi connectivity index (χ3n) is 3.68. The number of nitrogens with one attached hydrogen (secondary N) is 1. The lowest BCUT2D eigenvalue weighted by atomic mass is 10.0. The monoisotopic (exact) mass is 277 g/mol. The summed E-state index contributed by atoms with van der Waals surface area (Å²) in [5, 5.41) is 13.4. The van der Waals surface area contributed by atoms with Crippen molar-refractivity contribution in [2.24, 2.45) is 0 Å². The van der Waals surface area contributed by atoms with Crippen LogP contribution in [-0.2, 0) is 0 Å². The van der Waals surface area contributed by atoms with Gasteiger partial charge < -0.3 is 10.2 Å². The van der Waals surface area contributed by atoms with Crippen LogP contribution in [-0.4, -0.2) is 25.7 Å². The van der Waals surface area contributed by atoms with Gasteiger partial charge in [-0.3, -0.25) is 0 Å². The number of hydrogen-bond acceptors (Lipinski definition) is 3. The summed E-state index contributed by atoms with van der Waals surface area (Å²) in [5.41, 5.74) is 1.53. The van der Waals surface area contributed by atoms with Crippen LogP contribution in [0.2, 0.25) is 5.02 Å². The van der Waals surface area contributed by atoms with Gasteiger partial charge in [-0.25, -0.2) is 0 Å². The second-order valence-electron chi connectivity index (χ2n) is 4.93. The summed E-state index contributed by atoms with van der Waals surface area (Å²) < 4.78 is 0. The Hall–Kier alpha value is -1.24. The van der Waals surface area contributed by atoms with Gasteiger partial charge in [-0.15, -0.1) is 0 Å². The Morgan fingerprint density at radius 3 is 2.95 bits per heavy atom. The van der Waals surface area contributed by atoms with E-state index in [1.165, 1.54) is 19.3 Å². The number of anilines is 1. The molecule has 1 fully saturated rings. The summed E-state index contributed by atoms with van der Waals surface area (Å²) in [6, 6.07) is 8.40. The van der Waals surface area contributed by atoms with Crippen LogP contribution in [0.5, 0.6) is 0 Å². The molecule has 0 aliphatic carbocycles. The molecule has 0 bridgehead atoms. The van der Waals surface area contributed by atoms with Gasteiger partial charge in [0.05, 0.1) is 16.3 Å². The number of nitrogens with zero attached hydrogens (tertiary/aromatic N) is 2. The number of halogens is 1. The number of hydrogen-bond donors (Lipinski definition) is 1. The van der Waals surface area contributed by atoms with Crippen molar-refractivity contribution in [2.45, 2.75) is 32.2 Å². The average Bonchev–Trinajstić information content (AvgIpc) is 2.45. The zero-order chi connectivity index (χ0) is 13.7. The van der Waals surface area contributed by atoms with Gasteiger partial charge in [0.25, 0.3) is 0 Å². The smallest absolute Gasteiger partial charge is 0.103 e. The topological polar surface area (TPSA) is 39.1 Å². The number of nitriles is 1. The molecule has 1 aliphatic heterocycles. The fourth-order valence-corrected chi connectivity index (χ4v) is 2.84. The van der Waals surface area contributed by atoms with Gasteiger partial charge in [0, 0.05) is 19.1 Å². The molecule has 1 N–H and O–H groups in total. The minimum atomic E-state index is 0.513. The summed E-state index contributed by atoms with van der Waals surface area (Å²) in [4.78, 5) is 2.24. The summed E-state index contributed by atoms with van der Waals surface area (Å²) in [6.45, 7) is 5.03. The largest absolute Gasteiger partial charge is 0.369 e. The zero-order valence-corrected chi connectivity index (χ0v) is 12.1. The normalized spacial score (nSPS) is 18.9. The molecule has 1 aromatic rings. The number of piperidine rings is 1. The Kier molecular flexibility index (Phi) is 5.07. The van der Waals surface area contributed by atoms with Crippen molar-refractivity contribution < 1.29 is 0 Å². The van der Waals surface area contributed by atoms with E-state index in [2.05, 4.69) is 23.2 Å². The first-order chi connectivity index (χ1) is 9.26. The Morgan fingerprint density at radius 1 is 1.47 bits per heavy atom. The van der Waals surface area contributed by atoms with Crippen LogP contribution in [0.3, 0.4) is 0 Å². The van der Waals surface area contributed by atoms with E-state index < -0.39 is 0 Å². The molecule has 0 radical (unpaired) electrons. The van der Waals surface area contributed by atoms with Crippen molar-refractivity contribution >= 4 is 17.3 Å². The summed E-state index contributed by atoms with van der Waals surface area (Å²) >= 11 is 6.11. The standard InChI is InChI=1S/C15H20ClN3/c1-2-19(11-12-6-3-4-9-18-12)15-8-5-7-14(16)13(15)10-17/h5,7-8,12,18H,2-4,6,9,11H2,1H3. The third kappa shape index (κ3) is 3.40. The molecule has 102 valence electrons. The van der Waals surface area contributed by atoms with E-state index in [0.29, 0.717) is 16.6 Å². The van der Waals surface area contributed by atoms with E-state index in [9.17, 15) is 5.26 Å². The fourth-order valence-electron chi connectivity index (χ4n) is 2.63. The lowest BCUT2D eigenvalue weighted by Gasteiger charge is -2.32. The maximum absolute atomic E-state index is 9.27. The highest BCUT2D eigenvalue weighted by atomic mass is 35.5. The Bertz CT molecular complexity index is 461. The van der Waals surface area contributed by atoms with E-state index in [0.717, 1.165) is 25.3 Å². The first-order valence-corrected chi connectivity index (χ1v) is 7.31. The Labute approximate surface area is 120 Å². The first kappa shape index (κ1) is 14.2. The minimum Gasteiger partial charge on any atom is -0.369 e. The minimum absolute atomic E-state index is 0.513. The average molecular weight is 278 g/mol. The maximum atomic E-state index is 9.27. The quantitative estimate of drug-likeness (QED) is 0.919. The molecular weight excluding hydrogens is 258 g/mol. The van der Waals surface area contributed by atoms with Crippen LogP contribution in [0.15, 0.2) is 18.2 Å². The van der Waals surface area contributed by atoms with E-state index in [4.69, 9.17) is 11.6 Å². The van der Waals surface area contributed by atoms with Gasteiger partial charge in [0.2, 0.25) is 0 Å². The van der Waals surface area contributed by atoms with E-state index >= 15 is 0 Å². The van der Waals surface area contributed by atoms with Crippen molar-refractivity contribution in [1.29, 1.82) is 5.26 Å². The van der Waals surface area contributed by atoms with Gasteiger partial charge in [-0.2, -0.15) is 5.26 Å². The van der Waals surface area contributed by atoms with Crippen molar-refractivity contribution in [1.82, 2.24) is 5.32 Å². The molecule has 4 heteroatoms. The Balaban J connectivity index is 2.17. The third-order valence-corrected chi connectivity index (χ3v) is 3.99.